The predicted molar refractivity (Wildman–Crippen MR) is 120 cm³/mol. The van der Waals surface area contributed by atoms with Gasteiger partial charge in [0.05, 0.1) is 17.8 Å². The highest BCUT2D eigenvalue weighted by atomic mass is 32.1. The van der Waals surface area contributed by atoms with Crippen LogP contribution in [0, 0.1) is 6.92 Å². The van der Waals surface area contributed by atoms with Crippen molar-refractivity contribution in [3.63, 3.8) is 0 Å². The molecule has 4 heterocycles. The monoisotopic (exact) mass is 431 g/mol. The van der Waals surface area contributed by atoms with E-state index < -0.39 is 0 Å². The van der Waals surface area contributed by atoms with Gasteiger partial charge in [-0.15, -0.1) is 11.3 Å². The molecule has 0 saturated carbocycles. The molecule has 1 atom stereocenters. The van der Waals surface area contributed by atoms with Gasteiger partial charge in [0.2, 0.25) is 0 Å². The summed E-state index contributed by atoms with van der Waals surface area (Å²) in [5.41, 5.74) is 0.422. The third-order valence-electron chi connectivity index (χ3n) is 6.07. The third kappa shape index (κ3) is 4.53. The molecule has 1 amide bonds. The van der Waals surface area contributed by atoms with Gasteiger partial charge >= 0.3 is 0 Å². The number of anilines is 1. The van der Waals surface area contributed by atoms with Crippen LogP contribution in [0.5, 0.6) is 0 Å². The first-order valence-corrected chi connectivity index (χ1v) is 11.6. The van der Waals surface area contributed by atoms with Crippen molar-refractivity contribution in [2.45, 2.75) is 45.2 Å². The van der Waals surface area contributed by atoms with Crippen LogP contribution in [-0.2, 0) is 5.54 Å². The number of aromatic nitrogens is 3. The Morgan fingerprint density at radius 2 is 2.07 bits per heavy atom. The smallest absolute Gasteiger partial charge is 0.256 e. The zero-order valence-electron chi connectivity index (χ0n) is 18.4. The molecule has 0 aliphatic carbocycles. The zero-order valence-corrected chi connectivity index (χ0v) is 19.3. The van der Waals surface area contributed by atoms with E-state index in [0.29, 0.717) is 12.1 Å². The van der Waals surface area contributed by atoms with Crippen molar-refractivity contribution in [1.82, 2.24) is 29.9 Å². The van der Waals surface area contributed by atoms with Crippen molar-refractivity contribution < 1.29 is 4.79 Å². The molecule has 2 aromatic rings. The van der Waals surface area contributed by atoms with Crippen LogP contribution in [0.2, 0.25) is 0 Å². The maximum absolute atomic E-state index is 12.9. The molecule has 0 spiro atoms. The van der Waals surface area contributed by atoms with E-state index in [1.165, 1.54) is 4.88 Å². The highest BCUT2D eigenvalue weighted by Crippen LogP contribution is 2.40. The summed E-state index contributed by atoms with van der Waals surface area (Å²) in [7, 11) is 2.17. The molecule has 30 heavy (non-hydrogen) atoms. The van der Waals surface area contributed by atoms with Crippen molar-refractivity contribution in [3.05, 3.63) is 27.8 Å². The summed E-state index contributed by atoms with van der Waals surface area (Å²) in [6.45, 7) is 12.6. The Balaban J connectivity index is 1.37. The van der Waals surface area contributed by atoms with Crippen molar-refractivity contribution in [3.8, 4) is 0 Å². The highest BCUT2D eigenvalue weighted by molar-refractivity contribution is 7.11. The topological polar surface area (TPSA) is 78.3 Å². The number of hydrogen-bond acceptors (Lipinski definition) is 7. The fraction of sp³-hybridized carbons (Fsp3) is 0.667. The normalized spacial score (nSPS) is 21.8. The molecule has 1 saturated heterocycles. The van der Waals surface area contributed by atoms with Crippen molar-refractivity contribution in [2.75, 3.05) is 51.6 Å². The maximum Gasteiger partial charge on any atom is 0.256 e. The molecule has 2 aromatic heterocycles. The summed E-state index contributed by atoms with van der Waals surface area (Å²) >= 11 is 1.71. The lowest BCUT2D eigenvalue weighted by atomic mass is 9.93. The Morgan fingerprint density at radius 3 is 2.77 bits per heavy atom. The van der Waals surface area contributed by atoms with Gasteiger partial charge in [0, 0.05) is 43.8 Å². The molecule has 1 fully saturated rings. The van der Waals surface area contributed by atoms with Gasteiger partial charge in [0.15, 0.2) is 0 Å². The van der Waals surface area contributed by atoms with Gasteiger partial charge in [-0.2, -0.15) is 5.10 Å². The van der Waals surface area contributed by atoms with Crippen LogP contribution < -0.4 is 10.6 Å². The first kappa shape index (κ1) is 21.3. The standard InChI is InChI=1S/C21H33N7OS/c1-15-13-23-20(30-15)17-12-21(2,3)28-18(25-17)16(14-24-28)19(29)22-6-5-7-27-10-8-26(4)9-11-27/h13-14,17,25H,5-12H2,1-4H3,(H,22,29). The molecule has 4 rings (SSSR count). The Morgan fingerprint density at radius 1 is 1.30 bits per heavy atom. The van der Waals surface area contributed by atoms with Gasteiger partial charge < -0.3 is 20.4 Å². The lowest BCUT2D eigenvalue weighted by Crippen LogP contribution is -2.45. The van der Waals surface area contributed by atoms with E-state index in [0.717, 1.165) is 56.4 Å². The Hall–Kier alpha value is -1.97. The number of carbonyl (C=O) groups excluding carboxylic acids is 1. The molecule has 0 aromatic carbocycles. The number of likely N-dealkylation sites (N-methyl/N-ethyl adjacent to an activating group) is 1. The van der Waals surface area contributed by atoms with Gasteiger partial charge in [-0.25, -0.2) is 9.67 Å². The minimum Gasteiger partial charge on any atom is -0.360 e. The molecule has 8 nitrogen and oxygen atoms in total. The largest absolute Gasteiger partial charge is 0.360 e. The van der Waals surface area contributed by atoms with Crippen molar-refractivity contribution >= 4 is 23.1 Å². The molecule has 164 valence electrons. The van der Waals surface area contributed by atoms with E-state index in [4.69, 9.17) is 0 Å². The Kier molecular flexibility index (Phi) is 6.13. The van der Waals surface area contributed by atoms with Crippen LogP contribution in [0.25, 0.3) is 0 Å². The van der Waals surface area contributed by atoms with Gasteiger partial charge in [0.1, 0.15) is 16.4 Å². The van der Waals surface area contributed by atoms with Gasteiger partial charge in [-0.3, -0.25) is 4.79 Å². The minimum absolute atomic E-state index is 0.0612. The summed E-state index contributed by atoms with van der Waals surface area (Å²) in [5, 5.41) is 12.2. The molecule has 2 aliphatic heterocycles. The summed E-state index contributed by atoms with van der Waals surface area (Å²) in [6, 6.07) is 0.0895. The number of rotatable bonds is 6. The summed E-state index contributed by atoms with van der Waals surface area (Å²) in [6.07, 6.45) is 5.43. The SMILES string of the molecule is Cc1cnc(C2CC(C)(C)n3ncc(C(=O)NCCCN4CCN(C)CC4)c3N2)s1. The average molecular weight is 432 g/mol. The fourth-order valence-corrected chi connectivity index (χ4v) is 5.09. The Labute approximate surface area is 182 Å². The van der Waals surface area contributed by atoms with Crippen molar-refractivity contribution in [2.24, 2.45) is 0 Å². The van der Waals surface area contributed by atoms with Crippen LogP contribution in [0.15, 0.2) is 12.4 Å². The molecule has 1 unspecified atom stereocenters. The predicted octanol–water partition coefficient (Wildman–Crippen LogP) is 2.31. The number of thiazole rings is 1. The molecule has 2 aliphatic rings. The number of aryl methyl sites for hydroxylation is 1. The molecule has 0 radical (unpaired) electrons. The minimum atomic E-state index is -0.190. The maximum atomic E-state index is 12.9. The molecule has 2 N–H and O–H groups in total. The third-order valence-corrected chi connectivity index (χ3v) is 7.10. The summed E-state index contributed by atoms with van der Waals surface area (Å²) < 4.78 is 1.95. The second-order valence-corrected chi connectivity index (χ2v) is 10.4. The zero-order chi connectivity index (χ0) is 21.3. The van der Waals surface area contributed by atoms with Gasteiger partial charge in [0.25, 0.3) is 5.91 Å². The highest BCUT2D eigenvalue weighted by Gasteiger charge is 2.37. The molecule has 0 bridgehead atoms. The van der Waals surface area contributed by atoms with Gasteiger partial charge in [-0.05, 0) is 47.2 Å². The Bertz CT molecular complexity index is 882. The number of fused-ring (bicyclic) bond motifs is 1. The van der Waals surface area contributed by atoms with Crippen LogP contribution in [0.1, 0.15) is 53.0 Å². The summed E-state index contributed by atoms with van der Waals surface area (Å²) in [5.74, 6) is 0.731. The number of hydrogen-bond donors (Lipinski definition) is 2. The van der Waals surface area contributed by atoms with E-state index in [-0.39, 0.29) is 17.5 Å². The molecular formula is C21H33N7OS. The van der Waals surface area contributed by atoms with E-state index in [1.54, 1.807) is 17.5 Å². The number of carbonyl (C=O) groups is 1. The average Bonchev–Trinajstić information content (AvgIpc) is 3.33. The van der Waals surface area contributed by atoms with Crippen molar-refractivity contribution in [1.29, 1.82) is 0 Å². The number of nitrogens with zero attached hydrogens (tertiary/aromatic N) is 5. The first-order valence-electron chi connectivity index (χ1n) is 10.8. The van der Waals surface area contributed by atoms with E-state index in [2.05, 4.69) is 58.3 Å². The number of nitrogens with one attached hydrogen (secondary N) is 2. The molecular weight excluding hydrogens is 398 g/mol. The van der Waals surface area contributed by atoms with Crippen LogP contribution in [0.4, 0.5) is 5.82 Å². The number of amides is 1. The van der Waals surface area contributed by atoms with Gasteiger partial charge in [-0.1, -0.05) is 0 Å². The molecule has 9 heteroatoms. The lowest BCUT2D eigenvalue weighted by Gasteiger charge is -2.37. The van der Waals surface area contributed by atoms with E-state index >= 15 is 0 Å². The van der Waals surface area contributed by atoms with E-state index in [9.17, 15) is 4.79 Å². The second kappa shape index (κ2) is 8.64. The van der Waals surface area contributed by atoms with Crippen LogP contribution in [-0.4, -0.2) is 76.8 Å². The first-order chi connectivity index (χ1) is 14.3. The van der Waals surface area contributed by atoms with Crippen LogP contribution >= 0.6 is 11.3 Å². The van der Waals surface area contributed by atoms with Crippen LogP contribution in [0.3, 0.4) is 0 Å². The summed E-state index contributed by atoms with van der Waals surface area (Å²) in [4.78, 5) is 23.5. The second-order valence-electron chi connectivity index (χ2n) is 9.10. The number of piperazine rings is 1. The quantitative estimate of drug-likeness (QED) is 0.684. The van der Waals surface area contributed by atoms with E-state index in [1.807, 2.05) is 10.9 Å². The fourth-order valence-electron chi connectivity index (χ4n) is 4.27. The lowest BCUT2D eigenvalue weighted by molar-refractivity contribution is 0.0949.